The van der Waals surface area contributed by atoms with Gasteiger partial charge < -0.3 is 9.90 Å². The van der Waals surface area contributed by atoms with E-state index < -0.39 is 5.97 Å². The van der Waals surface area contributed by atoms with E-state index in [1.54, 1.807) is 0 Å². The molecule has 2 aromatic heterocycles. The normalized spacial score (nSPS) is 11.4. The Kier molecular flexibility index (Phi) is 3.51. The predicted octanol–water partition coefficient (Wildman–Crippen LogP) is 2.38. The lowest BCUT2D eigenvalue weighted by molar-refractivity contribution is -0.297. The summed E-state index contributed by atoms with van der Waals surface area (Å²) in [6.07, 6.45) is 4.50. The molecule has 3 rings (SSSR count). The summed E-state index contributed by atoms with van der Waals surface area (Å²) in [7, 11) is 0. The van der Waals surface area contributed by atoms with Gasteiger partial charge in [-0.05, 0) is 37.6 Å². The summed E-state index contributed by atoms with van der Waals surface area (Å²) in [6.45, 7) is 4.00. The van der Waals surface area contributed by atoms with Crippen LogP contribution in [0.25, 0.3) is 23.0 Å². The molecule has 0 radical (unpaired) electrons. The molecule has 0 aliphatic rings. The molecular formula is C18H15N2O2-. The maximum atomic E-state index is 10.8. The first-order valence-electron chi connectivity index (χ1n) is 6.99. The van der Waals surface area contributed by atoms with Gasteiger partial charge in [0.15, 0.2) is 0 Å². The van der Waals surface area contributed by atoms with Crippen molar-refractivity contribution in [2.75, 3.05) is 0 Å². The number of rotatable bonds is 3. The highest BCUT2D eigenvalue weighted by Crippen LogP contribution is 2.26. The van der Waals surface area contributed by atoms with E-state index in [0.29, 0.717) is 0 Å². The summed E-state index contributed by atoms with van der Waals surface area (Å²) in [5.41, 5.74) is 5.44. The third kappa shape index (κ3) is 2.63. The minimum absolute atomic E-state index is 0.728. The van der Waals surface area contributed by atoms with Crippen molar-refractivity contribution in [1.29, 1.82) is 0 Å². The molecule has 0 amide bonds. The quantitative estimate of drug-likeness (QED) is 0.696. The van der Waals surface area contributed by atoms with Gasteiger partial charge in [-0.15, -0.1) is 0 Å². The van der Waals surface area contributed by atoms with Crippen molar-refractivity contribution in [1.82, 2.24) is 9.38 Å². The van der Waals surface area contributed by atoms with Crippen LogP contribution >= 0.6 is 0 Å². The van der Waals surface area contributed by atoms with Gasteiger partial charge in [-0.2, -0.15) is 0 Å². The van der Waals surface area contributed by atoms with Crippen LogP contribution in [0.3, 0.4) is 0 Å². The fourth-order valence-corrected chi connectivity index (χ4v) is 2.40. The Balaban J connectivity index is 2.26. The van der Waals surface area contributed by atoms with E-state index in [1.165, 1.54) is 6.08 Å². The number of hydrogen-bond donors (Lipinski definition) is 0. The average Bonchev–Trinajstić information content (AvgIpc) is 2.83. The number of imidazole rings is 1. The van der Waals surface area contributed by atoms with Crippen molar-refractivity contribution < 1.29 is 9.90 Å². The van der Waals surface area contributed by atoms with E-state index in [9.17, 15) is 9.90 Å². The zero-order chi connectivity index (χ0) is 15.7. The second-order valence-corrected chi connectivity index (χ2v) is 5.30. The number of carboxylic acid groups (broad SMARTS) is 1. The highest BCUT2D eigenvalue weighted by atomic mass is 16.4. The maximum Gasteiger partial charge on any atom is 0.137 e. The van der Waals surface area contributed by atoms with Crippen LogP contribution in [0.15, 0.2) is 48.7 Å². The highest BCUT2D eigenvalue weighted by Gasteiger charge is 2.11. The molecule has 0 spiro atoms. The maximum absolute atomic E-state index is 10.8. The number of carbonyl (C=O) groups excluding carboxylic acids is 1. The zero-order valence-electron chi connectivity index (χ0n) is 12.4. The van der Waals surface area contributed by atoms with E-state index in [4.69, 9.17) is 0 Å². The minimum Gasteiger partial charge on any atom is -0.545 e. The molecule has 2 heterocycles. The standard InChI is InChI=1S/C18H16N2O2/c1-12-3-6-14(7-4-12)18-15(8-10-17(21)22)20-11-13(2)5-9-16(20)19-18/h3-11H,1-2H3,(H,21,22)/p-1/b10-8+. The molecule has 22 heavy (non-hydrogen) atoms. The Bertz CT molecular complexity index is 874. The monoisotopic (exact) mass is 291 g/mol. The molecule has 0 fully saturated rings. The van der Waals surface area contributed by atoms with Crippen molar-refractivity contribution >= 4 is 17.7 Å². The number of aliphatic carboxylic acids is 1. The van der Waals surface area contributed by atoms with Crippen LogP contribution in [0.2, 0.25) is 0 Å². The zero-order valence-corrected chi connectivity index (χ0v) is 12.4. The lowest BCUT2D eigenvalue weighted by Crippen LogP contribution is -2.18. The first-order valence-corrected chi connectivity index (χ1v) is 6.99. The fraction of sp³-hybridized carbons (Fsp3) is 0.111. The number of aromatic nitrogens is 2. The summed E-state index contributed by atoms with van der Waals surface area (Å²) in [6, 6.07) is 11.9. The van der Waals surface area contributed by atoms with Gasteiger partial charge >= 0.3 is 0 Å². The van der Waals surface area contributed by atoms with Gasteiger partial charge in [0.2, 0.25) is 0 Å². The number of carbonyl (C=O) groups is 1. The third-order valence-corrected chi connectivity index (χ3v) is 3.51. The summed E-state index contributed by atoms with van der Waals surface area (Å²) >= 11 is 0. The van der Waals surface area contributed by atoms with E-state index in [0.717, 1.165) is 39.8 Å². The number of benzene rings is 1. The van der Waals surface area contributed by atoms with Crippen LogP contribution in [-0.2, 0) is 4.79 Å². The molecule has 0 bridgehead atoms. The van der Waals surface area contributed by atoms with Crippen LogP contribution in [0.5, 0.6) is 0 Å². The summed E-state index contributed by atoms with van der Waals surface area (Å²) in [4.78, 5) is 15.4. The minimum atomic E-state index is -1.22. The van der Waals surface area contributed by atoms with Crippen molar-refractivity contribution in [3.05, 3.63) is 65.5 Å². The van der Waals surface area contributed by atoms with Crippen molar-refractivity contribution in [2.45, 2.75) is 13.8 Å². The summed E-state index contributed by atoms with van der Waals surface area (Å²) in [5.74, 6) is -1.22. The topological polar surface area (TPSA) is 57.4 Å². The Hall–Kier alpha value is -2.88. The third-order valence-electron chi connectivity index (χ3n) is 3.51. The van der Waals surface area contributed by atoms with Crippen LogP contribution in [0.1, 0.15) is 16.8 Å². The molecule has 0 aliphatic carbocycles. The van der Waals surface area contributed by atoms with Crippen molar-refractivity contribution in [2.24, 2.45) is 0 Å². The van der Waals surface area contributed by atoms with Gasteiger partial charge in [-0.1, -0.05) is 35.9 Å². The van der Waals surface area contributed by atoms with Gasteiger partial charge in [0.25, 0.3) is 0 Å². The molecule has 110 valence electrons. The van der Waals surface area contributed by atoms with Crippen LogP contribution in [0.4, 0.5) is 0 Å². The second kappa shape index (κ2) is 5.48. The molecule has 1 aromatic carbocycles. The van der Waals surface area contributed by atoms with Gasteiger partial charge in [0, 0.05) is 11.8 Å². The molecule has 0 saturated heterocycles. The molecule has 0 saturated carbocycles. The van der Waals surface area contributed by atoms with Crippen LogP contribution < -0.4 is 5.11 Å². The van der Waals surface area contributed by atoms with Gasteiger partial charge in [-0.3, -0.25) is 4.40 Å². The van der Waals surface area contributed by atoms with E-state index in [2.05, 4.69) is 4.98 Å². The van der Waals surface area contributed by atoms with E-state index in [1.807, 2.05) is 60.8 Å². The van der Waals surface area contributed by atoms with E-state index >= 15 is 0 Å². The molecule has 0 unspecified atom stereocenters. The Morgan fingerprint density at radius 1 is 1.09 bits per heavy atom. The largest absolute Gasteiger partial charge is 0.545 e. The fourth-order valence-electron chi connectivity index (χ4n) is 2.40. The Morgan fingerprint density at radius 3 is 2.45 bits per heavy atom. The van der Waals surface area contributed by atoms with Gasteiger partial charge in [-0.25, -0.2) is 4.98 Å². The Labute approximate surface area is 128 Å². The van der Waals surface area contributed by atoms with Crippen LogP contribution in [-0.4, -0.2) is 15.4 Å². The lowest BCUT2D eigenvalue weighted by Gasteiger charge is -2.02. The predicted molar refractivity (Wildman–Crippen MR) is 84.1 cm³/mol. The average molecular weight is 291 g/mol. The molecule has 4 heteroatoms. The van der Waals surface area contributed by atoms with E-state index in [-0.39, 0.29) is 0 Å². The molecule has 4 nitrogen and oxygen atoms in total. The van der Waals surface area contributed by atoms with Crippen molar-refractivity contribution in [3.8, 4) is 11.3 Å². The molecular weight excluding hydrogens is 276 g/mol. The number of nitrogens with zero attached hydrogens (tertiary/aromatic N) is 2. The number of pyridine rings is 1. The number of aryl methyl sites for hydroxylation is 2. The molecule has 0 aliphatic heterocycles. The lowest BCUT2D eigenvalue weighted by atomic mass is 10.1. The number of hydrogen-bond acceptors (Lipinski definition) is 3. The smallest absolute Gasteiger partial charge is 0.137 e. The molecule has 0 N–H and O–H groups in total. The first kappa shape index (κ1) is 14.1. The van der Waals surface area contributed by atoms with Gasteiger partial charge in [0.1, 0.15) is 5.65 Å². The Morgan fingerprint density at radius 2 is 1.77 bits per heavy atom. The summed E-state index contributed by atoms with van der Waals surface area (Å²) in [5, 5.41) is 10.8. The first-order chi connectivity index (χ1) is 10.5. The molecule has 3 aromatic rings. The SMILES string of the molecule is Cc1ccc(-c2nc3ccc(C)cn3c2/C=C/C(=O)[O-])cc1. The number of carboxylic acids is 1. The highest BCUT2D eigenvalue weighted by molar-refractivity contribution is 5.86. The van der Waals surface area contributed by atoms with Crippen molar-refractivity contribution in [3.63, 3.8) is 0 Å². The number of fused-ring (bicyclic) bond motifs is 1. The molecule has 0 atom stereocenters. The van der Waals surface area contributed by atoms with Crippen LogP contribution in [0, 0.1) is 13.8 Å². The van der Waals surface area contributed by atoms with Gasteiger partial charge in [0.05, 0.1) is 17.4 Å². The second-order valence-electron chi connectivity index (χ2n) is 5.30. The summed E-state index contributed by atoms with van der Waals surface area (Å²) < 4.78 is 1.89.